The van der Waals surface area contributed by atoms with E-state index >= 15 is 0 Å². The lowest BCUT2D eigenvalue weighted by Gasteiger charge is -2.20. The molecule has 1 unspecified atom stereocenters. The molecule has 1 aromatic carbocycles. The summed E-state index contributed by atoms with van der Waals surface area (Å²) in [4.78, 5) is 11.6. The lowest BCUT2D eigenvalue weighted by Crippen LogP contribution is -2.27. The van der Waals surface area contributed by atoms with Crippen molar-refractivity contribution in [1.82, 2.24) is 0 Å². The third kappa shape index (κ3) is 4.89. The first-order valence-electron chi connectivity index (χ1n) is 6.12. The molecule has 5 heteroatoms. The molecule has 0 aliphatic rings. The molecule has 19 heavy (non-hydrogen) atoms. The van der Waals surface area contributed by atoms with Gasteiger partial charge in [-0.3, -0.25) is 5.32 Å². The first-order valence-corrected chi connectivity index (χ1v) is 6.12. The van der Waals surface area contributed by atoms with Crippen molar-refractivity contribution in [2.24, 2.45) is 0 Å². The number of rotatable bonds is 3. The Hall–Kier alpha value is -1.59. The molecule has 1 aromatic rings. The van der Waals surface area contributed by atoms with Crippen molar-refractivity contribution in [3.63, 3.8) is 0 Å². The summed E-state index contributed by atoms with van der Waals surface area (Å²) in [5, 5.41) is 21.0. The van der Waals surface area contributed by atoms with Crippen LogP contribution < -0.4 is 5.32 Å². The van der Waals surface area contributed by atoms with Gasteiger partial charge in [-0.05, 0) is 44.9 Å². The van der Waals surface area contributed by atoms with Crippen molar-refractivity contribution < 1.29 is 19.7 Å². The number of aliphatic hydroxyl groups is 2. The monoisotopic (exact) mass is 267 g/mol. The molecule has 0 aliphatic heterocycles. The Kier molecular flexibility index (Phi) is 4.91. The van der Waals surface area contributed by atoms with E-state index in [-0.39, 0.29) is 6.61 Å². The SMILES string of the molecule is Cc1cc(C(O)CO)ccc1NC(=O)OC(C)(C)C. The Morgan fingerprint density at radius 3 is 2.53 bits per heavy atom. The second kappa shape index (κ2) is 6.04. The van der Waals surface area contributed by atoms with Gasteiger partial charge in [-0.1, -0.05) is 12.1 Å². The molecule has 0 radical (unpaired) electrons. The van der Waals surface area contributed by atoms with Gasteiger partial charge in [0.25, 0.3) is 0 Å². The van der Waals surface area contributed by atoms with Crippen LogP contribution in [0.5, 0.6) is 0 Å². The number of hydrogen-bond acceptors (Lipinski definition) is 4. The van der Waals surface area contributed by atoms with Gasteiger partial charge in [-0.2, -0.15) is 0 Å². The summed E-state index contributed by atoms with van der Waals surface area (Å²) < 4.78 is 5.16. The summed E-state index contributed by atoms with van der Waals surface area (Å²) in [5.74, 6) is 0. The average molecular weight is 267 g/mol. The van der Waals surface area contributed by atoms with Gasteiger partial charge in [-0.25, -0.2) is 4.79 Å². The van der Waals surface area contributed by atoms with Gasteiger partial charge in [0.2, 0.25) is 0 Å². The molecule has 0 aromatic heterocycles. The van der Waals surface area contributed by atoms with Crippen LogP contribution in [-0.4, -0.2) is 28.5 Å². The Bertz CT molecular complexity index is 451. The number of carbonyl (C=O) groups excluding carboxylic acids is 1. The molecule has 3 N–H and O–H groups in total. The molecule has 1 rings (SSSR count). The highest BCUT2D eigenvalue weighted by atomic mass is 16.6. The molecule has 1 amide bonds. The molecule has 0 saturated heterocycles. The van der Waals surface area contributed by atoms with Crippen LogP contribution in [0.1, 0.15) is 38.0 Å². The highest BCUT2D eigenvalue weighted by molar-refractivity contribution is 5.85. The number of carbonyl (C=O) groups is 1. The molecule has 106 valence electrons. The van der Waals surface area contributed by atoms with E-state index in [0.717, 1.165) is 5.56 Å². The highest BCUT2D eigenvalue weighted by Crippen LogP contribution is 2.21. The Morgan fingerprint density at radius 1 is 1.42 bits per heavy atom. The normalized spacial score (nSPS) is 12.9. The van der Waals surface area contributed by atoms with E-state index in [1.54, 1.807) is 45.9 Å². The summed E-state index contributed by atoms with van der Waals surface area (Å²) in [6.07, 6.45) is -1.43. The van der Waals surface area contributed by atoms with Crippen molar-refractivity contribution in [1.29, 1.82) is 0 Å². The molecular formula is C14H21NO4. The van der Waals surface area contributed by atoms with Crippen LogP contribution in [0.4, 0.5) is 10.5 Å². The van der Waals surface area contributed by atoms with Gasteiger partial charge in [0.1, 0.15) is 11.7 Å². The number of amides is 1. The van der Waals surface area contributed by atoms with Crippen molar-refractivity contribution >= 4 is 11.8 Å². The van der Waals surface area contributed by atoms with E-state index < -0.39 is 17.8 Å². The molecule has 0 saturated carbocycles. The van der Waals surface area contributed by atoms with E-state index in [9.17, 15) is 9.90 Å². The van der Waals surface area contributed by atoms with E-state index in [1.165, 1.54) is 0 Å². The summed E-state index contributed by atoms with van der Waals surface area (Å²) in [6, 6.07) is 5.04. The number of hydrogen-bond donors (Lipinski definition) is 3. The number of nitrogens with one attached hydrogen (secondary N) is 1. The molecule has 0 spiro atoms. The fourth-order valence-electron chi connectivity index (χ4n) is 1.55. The third-order valence-electron chi connectivity index (χ3n) is 2.44. The highest BCUT2D eigenvalue weighted by Gasteiger charge is 2.17. The van der Waals surface area contributed by atoms with Gasteiger partial charge in [0.05, 0.1) is 6.61 Å². The Morgan fingerprint density at radius 2 is 2.05 bits per heavy atom. The average Bonchev–Trinajstić information content (AvgIpc) is 2.28. The maximum Gasteiger partial charge on any atom is 0.412 e. The van der Waals surface area contributed by atoms with Crippen LogP contribution >= 0.6 is 0 Å². The second-order valence-corrected chi connectivity index (χ2v) is 5.40. The van der Waals surface area contributed by atoms with Crippen molar-refractivity contribution in [2.45, 2.75) is 39.4 Å². The first-order chi connectivity index (χ1) is 8.73. The zero-order chi connectivity index (χ0) is 14.6. The number of aliphatic hydroxyl groups excluding tert-OH is 2. The molecule has 0 bridgehead atoms. The third-order valence-corrected chi connectivity index (χ3v) is 2.44. The van der Waals surface area contributed by atoms with E-state index in [0.29, 0.717) is 11.3 Å². The lowest BCUT2D eigenvalue weighted by molar-refractivity contribution is 0.0636. The minimum atomic E-state index is -0.908. The van der Waals surface area contributed by atoms with Gasteiger partial charge in [-0.15, -0.1) is 0 Å². The number of aryl methyl sites for hydroxylation is 1. The summed E-state index contributed by atoms with van der Waals surface area (Å²) in [6.45, 7) is 6.85. The maximum absolute atomic E-state index is 11.6. The summed E-state index contributed by atoms with van der Waals surface area (Å²) in [5.41, 5.74) is 1.46. The van der Waals surface area contributed by atoms with Gasteiger partial charge in [0.15, 0.2) is 0 Å². The minimum Gasteiger partial charge on any atom is -0.444 e. The molecular weight excluding hydrogens is 246 g/mol. The smallest absolute Gasteiger partial charge is 0.412 e. The molecule has 0 aliphatic carbocycles. The van der Waals surface area contributed by atoms with E-state index in [4.69, 9.17) is 9.84 Å². The molecule has 5 nitrogen and oxygen atoms in total. The zero-order valence-electron chi connectivity index (χ0n) is 11.7. The van der Waals surface area contributed by atoms with E-state index in [2.05, 4.69) is 5.32 Å². The fraction of sp³-hybridized carbons (Fsp3) is 0.500. The summed E-state index contributed by atoms with van der Waals surface area (Å²) >= 11 is 0. The lowest BCUT2D eigenvalue weighted by atomic mass is 10.1. The van der Waals surface area contributed by atoms with Gasteiger partial charge in [0, 0.05) is 5.69 Å². The van der Waals surface area contributed by atoms with Crippen LogP contribution in [0, 0.1) is 6.92 Å². The topological polar surface area (TPSA) is 78.8 Å². The van der Waals surface area contributed by atoms with Gasteiger partial charge >= 0.3 is 6.09 Å². The second-order valence-electron chi connectivity index (χ2n) is 5.40. The summed E-state index contributed by atoms with van der Waals surface area (Å²) in [7, 11) is 0. The minimum absolute atomic E-state index is 0.335. The van der Waals surface area contributed by atoms with Crippen molar-refractivity contribution in [3.8, 4) is 0 Å². The van der Waals surface area contributed by atoms with Crippen LogP contribution in [0.3, 0.4) is 0 Å². The fourth-order valence-corrected chi connectivity index (χ4v) is 1.55. The Labute approximate surface area is 113 Å². The van der Waals surface area contributed by atoms with Crippen LogP contribution in [0.15, 0.2) is 18.2 Å². The Balaban J connectivity index is 2.78. The van der Waals surface area contributed by atoms with E-state index in [1.807, 2.05) is 0 Å². The molecule has 1 atom stereocenters. The number of anilines is 1. The zero-order valence-corrected chi connectivity index (χ0v) is 11.7. The quantitative estimate of drug-likeness (QED) is 0.785. The number of ether oxygens (including phenoxy) is 1. The molecule has 0 fully saturated rings. The predicted octanol–water partition coefficient (Wildman–Crippen LogP) is 2.37. The van der Waals surface area contributed by atoms with Crippen molar-refractivity contribution in [3.05, 3.63) is 29.3 Å². The standard InChI is InChI=1S/C14H21NO4/c1-9-7-10(12(17)8-16)5-6-11(9)15-13(18)19-14(2,3)4/h5-7,12,16-17H,8H2,1-4H3,(H,15,18). The first kappa shape index (κ1) is 15.5. The predicted molar refractivity (Wildman–Crippen MR) is 73.1 cm³/mol. The maximum atomic E-state index is 11.6. The largest absolute Gasteiger partial charge is 0.444 e. The molecule has 0 heterocycles. The number of benzene rings is 1. The van der Waals surface area contributed by atoms with Crippen LogP contribution in [0.25, 0.3) is 0 Å². The van der Waals surface area contributed by atoms with Crippen LogP contribution in [-0.2, 0) is 4.74 Å². The van der Waals surface area contributed by atoms with Gasteiger partial charge < -0.3 is 14.9 Å². The van der Waals surface area contributed by atoms with Crippen LogP contribution in [0.2, 0.25) is 0 Å². The van der Waals surface area contributed by atoms with Crippen molar-refractivity contribution in [2.75, 3.05) is 11.9 Å².